The van der Waals surface area contributed by atoms with Gasteiger partial charge in [0.15, 0.2) is 14.9 Å². The highest BCUT2D eigenvalue weighted by molar-refractivity contribution is 6.74. The summed E-state index contributed by atoms with van der Waals surface area (Å²) in [6.45, 7) is 12.4. The van der Waals surface area contributed by atoms with Crippen molar-refractivity contribution < 1.29 is 19.1 Å². The lowest BCUT2D eigenvalue weighted by Gasteiger charge is -2.36. The van der Waals surface area contributed by atoms with Crippen molar-refractivity contribution in [2.24, 2.45) is 0 Å². The van der Waals surface area contributed by atoms with Gasteiger partial charge >= 0.3 is 0 Å². The number of carbonyl (C=O) groups is 1. The Kier molecular flexibility index (Phi) is 6.71. The van der Waals surface area contributed by atoms with Crippen molar-refractivity contribution in [2.45, 2.75) is 57.8 Å². The van der Waals surface area contributed by atoms with Crippen molar-refractivity contribution in [1.29, 1.82) is 0 Å². The van der Waals surface area contributed by atoms with Crippen molar-refractivity contribution in [3.05, 3.63) is 18.2 Å². The molecule has 1 heterocycles. The fourth-order valence-corrected chi connectivity index (χ4v) is 3.48. The van der Waals surface area contributed by atoms with Crippen LogP contribution in [0.4, 0.5) is 11.4 Å². The second-order valence-electron chi connectivity index (χ2n) is 8.33. The van der Waals surface area contributed by atoms with Gasteiger partial charge in [0.2, 0.25) is 0 Å². The Morgan fingerprint density at radius 1 is 1.38 bits per heavy atom. The molecular formula is C19H32N2O4Si. The molecule has 0 saturated heterocycles. The zero-order valence-corrected chi connectivity index (χ0v) is 17.5. The molecule has 6 nitrogen and oxygen atoms in total. The van der Waals surface area contributed by atoms with Gasteiger partial charge in [-0.05, 0) is 49.2 Å². The Hall–Kier alpha value is -1.57. The number of aliphatic hydroxyl groups excluding tert-OH is 1. The van der Waals surface area contributed by atoms with E-state index >= 15 is 0 Å². The van der Waals surface area contributed by atoms with Gasteiger partial charge in [0.05, 0.1) is 11.8 Å². The van der Waals surface area contributed by atoms with E-state index in [1.165, 1.54) is 0 Å². The van der Waals surface area contributed by atoms with Crippen LogP contribution in [0.25, 0.3) is 0 Å². The van der Waals surface area contributed by atoms with Crippen molar-refractivity contribution in [2.75, 3.05) is 30.4 Å². The average Bonchev–Trinajstić information content (AvgIpc) is 2.55. The maximum atomic E-state index is 11.4. The minimum atomic E-state index is -1.71. The predicted molar refractivity (Wildman–Crippen MR) is 107 cm³/mol. The summed E-state index contributed by atoms with van der Waals surface area (Å²) in [5.74, 6) is 0.509. The lowest BCUT2D eigenvalue weighted by Crippen LogP contribution is -2.41. The predicted octanol–water partition coefficient (Wildman–Crippen LogP) is 3.59. The molecule has 0 radical (unpaired) electrons. The lowest BCUT2D eigenvalue weighted by molar-refractivity contribution is -0.118. The van der Waals surface area contributed by atoms with E-state index in [0.29, 0.717) is 31.0 Å². The summed E-state index contributed by atoms with van der Waals surface area (Å²) in [5, 5.41) is 16.4. The number of benzene rings is 1. The molecule has 0 bridgehead atoms. The summed E-state index contributed by atoms with van der Waals surface area (Å²) in [5.41, 5.74) is 1.50. The number of anilines is 2. The van der Waals surface area contributed by atoms with Crippen molar-refractivity contribution in [1.82, 2.24) is 0 Å². The number of carbonyl (C=O) groups excluding carboxylic acids is 1. The van der Waals surface area contributed by atoms with Crippen LogP contribution in [0.3, 0.4) is 0 Å². The topological polar surface area (TPSA) is 79.8 Å². The first-order chi connectivity index (χ1) is 12.1. The monoisotopic (exact) mass is 380 g/mol. The van der Waals surface area contributed by atoms with Crippen LogP contribution in [0.2, 0.25) is 18.1 Å². The molecule has 1 atom stereocenters. The van der Waals surface area contributed by atoms with Crippen LogP contribution < -0.4 is 15.4 Å². The van der Waals surface area contributed by atoms with Gasteiger partial charge in [0, 0.05) is 18.8 Å². The Balaban J connectivity index is 1.71. The third-order valence-corrected chi connectivity index (χ3v) is 9.64. The molecule has 1 aliphatic rings. The van der Waals surface area contributed by atoms with Crippen molar-refractivity contribution in [3.8, 4) is 5.75 Å². The Bertz CT molecular complexity index is 628. The molecule has 1 aliphatic heterocycles. The summed E-state index contributed by atoms with van der Waals surface area (Å²) >= 11 is 0. The standard InChI is InChI=1S/C19H32N2O4Si/c1-19(2,3)26(4,5)25-10-6-7-15(22)12-20-14-8-9-17-16(11-14)21-18(23)13-24-17/h8-9,11,15,20,22H,6-7,10,12-13H2,1-5H3,(H,21,23)/t15-/m1/s1. The Morgan fingerprint density at radius 3 is 2.81 bits per heavy atom. The average molecular weight is 381 g/mol. The molecule has 26 heavy (non-hydrogen) atoms. The number of hydrogen-bond donors (Lipinski definition) is 3. The number of aliphatic hydroxyl groups is 1. The molecule has 1 aromatic rings. The number of rotatable bonds is 8. The van der Waals surface area contributed by atoms with Gasteiger partial charge in [-0.1, -0.05) is 20.8 Å². The molecule has 1 aromatic carbocycles. The van der Waals surface area contributed by atoms with Gasteiger partial charge in [0.25, 0.3) is 5.91 Å². The second kappa shape index (κ2) is 8.41. The fraction of sp³-hybridized carbons (Fsp3) is 0.632. The molecule has 0 spiro atoms. The summed E-state index contributed by atoms with van der Waals surface area (Å²) in [7, 11) is -1.71. The van der Waals surface area contributed by atoms with Crippen LogP contribution >= 0.6 is 0 Å². The van der Waals surface area contributed by atoms with Gasteiger partial charge in [0.1, 0.15) is 5.75 Å². The molecule has 3 N–H and O–H groups in total. The zero-order valence-electron chi connectivity index (χ0n) is 16.5. The number of nitrogens with one attached hydrogen (secondary N) is 2. The van der Waals surface area contributed by atoms with Crippen molar-refractivity contribution in [3.63, 3.8) is 0 Å². The quantitative estimate of drug-likeness (QED) is 0.474. The molecule has 0 saturated carbocycles. The summed E-state index contributed by atoms with van der Waals surface area (Å²) < 4.78 is 11.5. The molecule has 7 heteroatoms. The van der Waals surface area contributed by atoms with E-state index < -0.39 is 14.4 Å². The number of fused-ring (bicyclic) bond motifs is 1. The zero-order chi connectivity index (χ0) is 19.4. The molecule has 0 unspecified atom stereocenters. The Morgan fingerprint density at radius 2 is 2.12 bits per heavy atom. The molecule has 1 amide bonds. The number of amides is 1. The number of hydrogen-bond acceptors (Lipinski definition) is 5. The highest BCUT2D eigenvalue weighted by atomic mass is 28.4. The van der Waals surface area contributed by atoms with Crippen LogP contribution in [-0.2, 0) is 9.22 Å². The van der Waals surface area contributed by atoms with Gasteiger partial charge < -0.3 is 24.9 Å². The minimum Gasteiger partial charge on any atom is -0.482 e. The first-order valence-electron chi connectivity index (χ1n) is 9.21. The van der Waals surface area contributed by atoms with Crippen LogP contribution in [0.5, 0.6) is 5.75 Å². The van der Waals surface area contributed by atoms with Gasteiger partial charge in [-0.3, -0.25) is 4.79 Å². The molecule has 0 fully saturated rings. The van der Waals surface area contributed by atoms with E-state index in [1.807, 2.05) is 18.2 Å². The SMILES string of the molecule is CC(C)(C)[Si](C)(C)OCCC[C@@H](O)CNc1ccc2c(c1)NC(=O)CO2. The maximum Gasteiger partial charge on any atom is 0.262 e. The number of ether oxygens (including phenoxy) is 1. The van der Waals surface area contributed by atoms with E-state index in [-0.39, 0.29) is 17.6 Å². The lowest BCUT2D eigenvalue weighted by atomic mass is 10.2. The largest absolute Gasteiger partial charge is 0.482 e. The molecule has 0 aliphatic carbocycles. The van der Waals surface area contributed by atoms with Crippen LogP contribution in [-0.4, -0.2) is 45.2 Å². The summed E-state index contributed by atoms with van der Waals surface area (Å²) in [6.07, 6.45) is 1.08. The molecule has 146 valence electrons. The van der Waals surface area contributed by atoms with E-state index in [4.69, 9.17) is 9.16 Å². The van der Waals surface area contributed by atoms with Gasteiger partial charge in [-0.25, -0.2) is 0 Å². The Labute approximate surface area is 157 Å². The van der Waals surface area contributed by atoms with Crippen LogP contribution in [0.15, 0.2) is 18.2 Å². The normalized spacial score (nSPS) is 15.7. The minimum absolute atomic E-state index is 0.0510. The summed E-state index contributed by atoms with van der Waals surface area (Å²) in [6, 6.07) is 5.51. The third kappa shape index (κ3) is 5.72. The molecular weight excluding hydrogens is 348 g/mol. The third-order valence-electron chi connectivity index (χ3n) is 5.11. The maximum absolute atomic E-state index is 11.4. The van der Waals surface area contributed by atoms with E-state index in [1.54, 1.807) is 0 Å². The van der Waals surface area contributed by atoms with Crippen LogP contribution in [0.1, 0.15) is 33.6 Å². The highest BCUT2D eigenvalue weighted by Crippen LogP contribution is 2.36. The first-order valence-corrected chi connectivity index (χ1v) is 12.1. The van der Waals surface area contributed by atoms with E-state index in [0.717, 1.165) is 12.1 Å². The fourth-order valence-electron chi connectivity index (χ4n) is 2.39. The van der Waals surface area contributed by atoms with Crippen molar-refractivity contribution >= 4 is 25.6 Å². The van der Waals surface area contributed by atoms with E-state index in [2.05, 4.69) is 44.5 Å². The van der Waals surface area contributed by atoms with Crippen LogP contribution in [0, 0.1) is 0 Å². The first kappa shape index (κ1) is 20.7. The highest BCUT2D eigenvalue weighted by Gasteiger charge is 2.36. The van der Waals surface area contributed by atoms with Gasteiger partial charge in [-0.2, -0.15) is 0 Å². The molecule has 2 rings (SSSR count). The molecule has 0 aromatic heterocycles. The smallest absolute Gasteiger partial charge is 0.262 e. The summed E-state index contributed by atoms with van der Waals surface area (Å²) in [4.78, 5) is 11.4. The second-order valence-corrected chi connectivity index (χ2v) is 13.1. The van der Waals surface area contributed by atoms with E-state index in [9.17, 15) is 9.90 Å². The van der Waals surface area contributed by atoms with Gasteiger partial charge in [-0.15, -0.1) is 0 Å².